The molecule has 10 heteroatoms. The molecule has 0 saturated carbocycles. The molecule has 0 aliphatic carbocycles. The number of aromatic nitrogens is 2. The fraction of sp³-hybridized carbons (Fsp3) is 0.152. The number of fused-ring (bicyclic) bond motifs is 1. The summed E-state index contributed by atoms with van der Waals surface area (Å²) in [6.45, 7) is 1.71. The third kappa shape index (κ3) is 6.57. The number of benzene rings is 4. The van der Waals surface area contributed by atoms with Crippen LogP contribution in [0.25, 0.3) is 33.5 Å². The number of hydrogen-bond donors (Lipinski definition) is 1. The highest BCUT2D eigenvalue weighted by Crippen LogP contribution is 2.33. The average molecular weight is 600 g/mol. The van der Waals surface area contributed by atoms with E-state index in [0.717, 1.165) is 17.2 Å². The zero-order valence-electron chi connectivity index (χ0n) is 23.6. The quantitative estimate of drug-likeness (QED) is 0.177. The summed E-state index contributed by atoms with van der Waals surface area (Å²) in [7, 11) is 3.20. The number of halogens is 2. The zero-order chi connectivity index (χ0) is 30.5. The van der Waals surface area contributed by atoms with Crippen LogP contribution in [-0.2, 0) is 9.53 Å². The molecular weight excluding hydrogens is 573 g/mol. The van der Waals surface area contributed by atoms with Gasteiger partial charge in [0.05, 0.1) is 47.2 Å². The molecule has 1 atom stereocenters. The Balaban J connectivity index is 1.46. The maximum Gasteiger partial charge on any atom is 0.338 e. The van der Waals surface area contributed by atoms with Crippen LogP contribution in [0.2, 0.25) is 5.02 Å². The molecule has 4 aromatic carbocycles. The first kappa shape index (κ1) is 29.5. The molecule has 1 unspecified atom stereocenters. The topological polar surface area (TPSA) is 99.6 Å². The van der Waals surface area contributed by atoms with Crippen LogP contribution in [0.3, 0.4) is 0 Å². The SMILES string of the molecule is CCC(OC(=O)c1ccc2nc(-c3ccc(OC)cc3)c(-c3ccc(OC)cc3)nc2c1)C(=O)Nc1ccc(F)c(Cl)c1. The summed E-state index contributed by atoms with van der Waals surface area (Å²) in [5, 5.41) is 2.47. The second-order valence-electron chi connectivity index (χ2n) is 9.50. The summed E-state index contributed by atoms with van der Waals surface area (Å²) in [4.78, 5) is 35.8. The standard InChI is InChI=1S/C33H27ClFN3O5/c1-4-29(32(39)36-22-10-15-26(35)25(34)18-22)43-33(40)21-9-16-27-28(17-21)38-31(20-7-13-24(42-3)14-8-20)30(37-27)19-5-11-23(41-2)12-6-19/h5-18,29H,4H2,1-3H3,(H,36,39). The third-order valence-electron chi connectivity index (χ3n) is 6.73. The van der Waals surface area contributed by atoms with Gasteiger partial charge in [-0.25, -0.2) is 19.2 Å². The van der Waals surface area contributed by atoms with Gasteiger partial charge in [-0.1, -0.05) is 18.5 Å². The first-order chi connectivity index (χ1) is 20.8. The summed E-state index contributed by atoms with van der Waals surface area (Å²) < 4.78 is 29.6. The van der Waals surface area contributed by atoms with Gasteiger partial charge < -0.3 is 19.5 Å². The molecule has 1 amide bonds. The minimum atomic E-state index is -1.09. The van der Waals surface area contributed by atoms with Crippen LogP contribution in [0.5, 0.6) is 11.5 Å². The van der Waals surface area contributed by atoms with E-state index in [0.29, 0.717) is 33.9 Å². The van der Waals surface area contributed by atoms with E-state index in [2.05, 4.69) is 5.32 Å². The van der Waals surface area contributed by atoms with E-state index in [1.54, 1.807) is 39.3 Å². The number of esters is 1. The highest BCUT2D eigenvalue weighted by atomic mass is 35.5. The smallest absolute Gasteiger partial charge is 0.338 e. The monoisotopic (exact) mass is 599 g/mol. The van der Waals surface area contributed by atoms with Crippen LogP contribution in [0.15, 0.2) is 84.9 Å². The van der Waals surface area contributed by atoms with Crippen molar-refractivity contribution in [2.24, 2.45) is 0 Å². The molecule has 5 rings (SSSR count). The van der Waals surface area contributed by atoms with Gasteiger partial charge in [-0.15, -0.1) is 0 Å². The van der Waals surface area contributed by atoms with Gasteiger partial charge in [0.25, 0.3) is 5.91 Å². The van der Waals surface area contributed by atoms with Crippen molar-refractivity contribution in [3.63, 3.8) is 0 Å². The van der Waals surface area contributed by atoms with Gasteiger partial charge in [0.2, 0.25) is 0 Å². The van der Waals surface area contributed by atoms with Crippen LogP contribution >= 0.6 is 11.6 Å². The predicted octanol–water partition coefficient (Wildman–Crippen LogP) is 7.35. The van der Waals surface area contributed by atoms with Crippen LogP contribution in [0.4, 0.5) is 10.1 Å². The van der Waals surface area contributed by atoms with Crippen LogP contribution in [-0.4, -0.2) is 42.2 Å². The average Bonchev–Trinajstić information content (AvgIpc) is 3.04. The number of amides is 1. The largest absolute Gasteiger partial charge is 0.497 e. The molecule has 0 fully saturated rings. The van der Waals surface area contributed by atoms with Crippen molar-refractivity contribution in [2.45, 2.75) is 19.4 Å². The Morgan fingerprint density at radius 1 is 0.814 bits per heavy atom. The summed E-state index contributed by atoms with van der Waals surface area (Å²) >= 11 is 5.81. The minimum absolute atomic E-state index is 0.135. The van der Waals surface area contributed by atoms with Crippen molar-refractivity contribution in [3.05, 3.63) is 101 Å². The van der Waals surface area contributed by atoms with Crippen LogP contribution in [0, 0.1) is 5.82 Å². The lowest BCUT2D eigenvalue weighted by molar-refractivity contribution is -0.124. The van der Waals surface area contributed by atoms with E-state index < -0.39 is 23.8 Å². The Morgan fingerprint density at radius 2 is 1.40 bits per heavy atom. The second kappa shape index (κ2) is 12.9. The molecule has 0 aliphatic rings. The van der Waals surface area contributed by atoms with Crippen molar-refractivity contribution in [3.8, 4) is 34.0 Å². The number of carbonyl (C=O) groups excluding carboxylic acids is 2. The predicted molar refractivity (Wildman–Crippen MR) is 163 cm³/mol. The minimum Gasteiger partial charge on any atom is -0.497 e. The van der Waals surface area contributed by atoms with E-state index >= 15 is 0 Å². The third-order valence-corrected chi connectivity index (χ3v) is 7.02. The van der Waals surface area contributed by atoms with Gasteiger partial charge in [-0.05, 0) is 91.3 Å². The first-order valence-electron chi connectivity index (χ1n) is 13.4. The van der Waals surface area contributed by atoms with E-state index in [9.17, 15) is 14.0 Å². The maximum atomic E-state index is 13.5. The van der Waals surface area contributed by atoms with Crippen molar-refractivity contribution in [1.29, 1.82) is 0 Å². The number of methoxy groups -OCH3 is 2. The van der Waals surface area contributed by atoms with Gasteiger partial charge in [0.1, 0.15) is 17.3 Å². The highest BCUT2D eigenvalue weighted by molar-refractivity contribution is 6.31. The van der Waals surface area contributed by atoms with Crippen molar-refractivity contribution >= 4 is 40.2 Å². The summed E-state index contributed by atoms with van der Waals surface area (Å²) in [6.07, 6.45) is -0.877. The fourth-order valence-electron chi connectivity index (χ4n) is 4.40. The number of carbonyl (C=O) groups is 2. The van der Waals surface area contributed by atoms with Gasteiger partial charge in [-0.2, -0.15) is 0 Å². The lowest BCUT2D eigenvalue weighted by Gasteiger charge is -2.17. The maximum absolute atomic E-state index is 13.5. The van der Waals surface area contributed by atoms with Crippen molar-refractivity contribution in [1.82, 2.24) is 9.97 Å². The lowest BCUT2D eigenvalue weighted by atomic mass is 10.0. The molecule has 43 heavy (non-hydrogen) atoms. The molecule has 1 aromatic heterocycles. The number of hydrogen-bond acceptors (Lipinski definition) is 7. The molecule has 0 spiro atoms. The zero-order valence-corrected chi connectivity index (χ0v) is 24.3. The van der Waals surface area contributed by atoms with Gasteiger partial charge in [0, 0.05) is 16.8 Å². The number of nitrogens with one attached hydrogen (secondary N) is 1. The molecule has 0 saturated heterocycles. The number of ether oxygens (including phenoxy) is 3. The highest BCUT2D eigenvalue weighted by Gasteiger charge is 2.23. The molecular formula is C33H27ClFN3O5. The Hall–Kier alpha value is -5.02. The van der Waals surface area contributed by atoms with Gasteiger partial charge >= 0.3 is 5.97 Å². The summed E-state index contributed by atoms with van der Waals surface area (Å²) in [6, 6.07) is 23.6. The molecule has 1 heterocycles. The van der Waals surface area contributed by atoms with Gasteiger partial charge in [0.15, 0.2) is 6.10 Å². The van der Waals surface area contributed by atoms with E-state index in [-0.39, 0.29) is 22.7 Å². The molecule has 0 aliphatic heterocycles. The summed E-state index contributed by atoms with van der Waals surface area (Å²) in [5.41, 5.74) is 4.42. The van der Waals surface area contributed by atoms with E-state index in [1.165, 1.54) is 12.1 Å². The molecule has 218 valence electrons. The molecule has 1 N–H and O–H groups in total. The second-order valence-corrected chi connectivity index (χ2v) is 9.91. The Bertz CT molecular complexity index is 1800. The Labute approximate surface area is 252 Å². The van der Waals surface area contributed by atoms with E-state index in [4.69, 9.17) is 35.8 Å². The molecule has 5 aromatic rings. The molecule has 0 bridgehead atoms. The number of anilines is 1. The Morgan fingerprint density at radius 3 is 1.93 bits per heavy atom. The van der Waals surface area contributed by atoms with Gasteiger partial charge in [-0.3, -0.25) is 4.79 Å². The molecule has 0 radical (unpaired) electrons. The fourth-order valence-corrected chi connectivity index (χ4v) is 4.58. The Kier molecular flexibility index (Phi) is 8.82. The normalized spacial score (nSPS) is 11.6. The van der Waals surface area contributed by atoms with Crippen LogP contribution in [0.1, 0.15) is 23.7 Å². The van der Waals surface area contributed by atoms with Crippen molar-refractivity contribution < 1.29 is 28.2 Å². The number of nitrogens with zero attached hydrogens (tertiary/aromatic N) is 2. The summed E-state index contributed by atoms with van der Waals surface area (Å²) in [5.74, 6) is -0.459. The lowest BCUT2D eigenvalue weighted by Crippen LogP contribution is -2.32. The van der Waals surface area contributed by atoms with Crippen LogP contribution < -0.4 is 14.8 Å². The first-order valence-corrected chi connectivity index (χ1v) is 13.7. The molecule has 8 nitrogen and oxygen atoms in total. The van der Waals surface area contributed by atoms with E-state index in [1.807, 2.05) is 48.5 Å². The number of rotatable bonds is 9. The van der Waals surface area contributed by atoms with Crippen molar-refractivity contribution in [2.75, 3.05) is 19.5 Å².